The molecule has 0 aliphatic heterocycles. The fourth-order valence-electron chi connectivity index (χ4n) is 3.55. The fraction of sp³-hybridized carbons (Fsp3) is 0.500. The maximum Gasteiger partial charge on any atom is 0.137 e. The molecule has 3 rings (SSSR count). The van der Waals surface area contributed by atoms with Crippen LogP contribution in [0, 0.1) is 30.5 Å². The molecule has 2 aliphatic rings. The van der Waals surface area contributed by atoms with E-state index in [1.54, 1.807) is 6.07 Å². The number of rotatable bonds is 3. The Hall–Kier alpha value is -0.830. The number of hydrogen-bond donors (Lipinski definition) is 1. The van der Waals surface area contributed by atoms with Crippen LogP contribution in [0.4, 0.5) is 10.1 Å². The predicted octanol–water partition coefficient (Wildman–Crippen LogP) is 4.91. The monoisotopic (exact) mass is 323 g/mol. The van der Waals surface area contributed by atoms with E-state index in [9.17, 15) is 4.39 Å². The molecule has 4 unspecified atom stereocenters. The molecule has 0 amide bonds. The van der Waals surface area contributed by atoms with Crippen molar-refractivity contribution in [2.45, 2.75) is 32.7 Å². The van der Waals surface area contributed by atoms with Gasteiger partial charge in [0.1, 0.15) is 5.82 Å². The van der Waals surface area contributed by atoms with Crippen molar-refractivity contribution in [1.82, 2.24) is 0 Å². The molecule has 0 saturated heterocycles. The molecular formula is C16H19BrFN. The second kappa shape index (κ2) is 4.93. The Bertz CT molecular complexity index is 526. The summed E-state index contributed by atoms with van der Waals surface area (Å²) < 4.78 is 14.0. The average molecular weight is 324 g/mol. The van der Waals surface area contributed by atoms with Crippen molar-refractivity contribution >= 4 is 21.6 Å². The van der Waals surface area contributed by atoms with Crippen LogP contribution in [0.15, 0.2) is 28.8 Å². The Kier molecular flexibility index (Phi) is 3.42. The zero-order chi connectivity index (χ0) is 13.6. The van der Waals surface area contributed by atoms with Gasteiger partial charge in [0.2, 0.25) is 0 Å². The van der Waals surface area contributed by atoms with Gasteiger partial charge in [-0.2, -0.15) is 0 Å². The van der Waals surface area contributed by atoms with Gasteiger partial charge < -0.3 is 5.32 Å². The van der Waals surface area contributed by atoms with Crippen LogP contribution >= 0.6 is 15.9 Å². The van der Waals surface area contributed by atoms with Crippen molar-refractivity contribution in [3.63, 3.8) is 0 Å². The third-order valence-corrected chi connectivity index (χ3v) is 5.23. The number of halogens is 2. The molecule has 102 valence electrons. The number of fused-ring (bicyclic) bond motifs is 2. The Morgan fingerprint density at radius 3 is 2.74 bits per heavy atom. The molecule has 1 nitrogen and oxygen atoms in total. The summed E-state index contributed by atoms with van der Waals surface area (Å²) in [5.41, 5.74) is 2.00. The number of allylic oxidation sites excluding steroid dienone is 2. The highest BCUT2D eigenvalue weighted by molar-refractivity contribution is 9.10. The minimum absolute atomic E-state index is 0.196. The zero-order valence-electron chi connectivity index (χ0n) is 11.3. The molecule has 2 bridgehead atoms. The predicted molar refractivity (Wildman–Crippen MR) is 80.8 cm³/mol. The zero-order valence-corrected chi connectivity index (χ0v) is 12.9. The molecule has 0 aromatic heterocycles. The summed E-state index contributed by atoms with van der Waals surface area (Å²) in [7, 11) is 0. The number of nitrogens with one attached hydrogen (secondary N) is 1. The maximum atomic E-state index is 13.4. The standard InChI is InChI=1S/C16H19BrFN/c1-9-5-15(18)14(17)8-16(9)19-10(2)13-7-11-3-4-12(13)6-11/h3-5,8,10-13,19H,6-7H2,1-2H3. The van der Waals surface area contributed by atoms with E-state index in [0.717, 1.165) is 23.1 Å². The lowest BCUT2D eigenvalue weighted by Crippen LogP contribution is -2.29. The maximum absolute atomic E-state index is 13.4. The number of aryl methyl sites for hydroxylation is 1. The van der Waals surface area contributed by atoms with Gasteiger partial charge in [0.05, 0.1) is 4.47 Å². The SMILES string of the molecule is Cc1cc(F)c(Br)cc1NC(C)C1CC2C=CC1C2. The van der Waals surface area contributed by atoms with Crippen LogP contribution in [0.3, 0.4) is 0 Å². The molecule has 3 heteroatoms. The number of anilines is 1. The topological polar surface area (TPSA) is 12.0 Å². The van der Waals surface area contributed by atoms with Crippen molar-refractivity contribution in [1.29, 1.82) is 0 Å². The summed E-state index contributed by atoms with van der Waals surface area (Å²) >= 11 is 3.26. The minimum atomic E-state index is -0.196. The molecule has 0 radical (unpaired) electrons. The highest BCUT2D eigenvalue weighted by Gasteiger charge is 2.38. The summed E-state index contributed by atoms with van der Waals surface area (Å²) in [6, 6.07) is 3.86. The lowest BCUT2D eigenvalue weighted by molar-refractivity contribution is 0.399. The third-order valence-electron chi connectivity index (χ3n) is 4.62. The van der Waals surface area contributed by atoms with Gasteiger partial charge >= 0.3 is 0 Å². The van der Waals surface area contributed by atoms with Crippen molar-refractivity contribution in [3.05, 3.63) is 40.1 Å². The van der Waals surface area contributed by atoms with E-state index in [-0.39, 0.29) is 5.82 Å². The molecule has 1 saturated carbocycles. The molecule has 1 N–H and O–H groups in total. The summed E-state index contributed by atoms with van der Waals surface area (Å²) in [6.07, 6.45) is 7.36. The van der Waals surface area contributed by atoms with Crippen LogP contribution in [0.5, 0.6) is 0 Å². The van der Waals surface area contributed by atoms with E-state index in [4.69, 9.17) is 0 Å². The van der Waals surface area contributed by atoms with E-state index in [1.807, 2.05) is 13.0 Å². The molecule has 1 aromatic rings. The first-order valence-corrected chi connectivity index (χ1v) is 7.74. The summed E-state index contributed by atoms with van der Waals surface area (Å²) in [4.78, 5) is 0. The van der Waals surface area contributed by atoms with Crippen molar-refractivity contribution in [2.75, 3.05) is 5.32 Å². The molecule has 0 spiro atoms. The van der Waals surface area contributed by atoms with Crippen molar-refractivity contribution in [2.24, 2.45) is 17.8 Å². The molecule has 19 heavy (non-hydrogen) atoms. The first-order chi connectivity index (χ1) is 9.04. The highest BCUT2D eigenvalue weighted by Crippen LogP contribution is 2.45. The summed E-state index contributed by atoms with van der Waals surface area (Å²) in [5, 5.41) is 3.57. The smallest absolute Gasteiger partial charge is 0.137 e. The van der Waals surface area contributed by atoms with Gasteiger partial charge in [0.15, 0.2) is 0 Å². The summed E-state index contributed by atoms with van der Waals surface area (Å²) in [6.45, 7) is 4.20. The van der Waals surface area contributed by atoms with Gasteiger partial charge in [0, 0.05) is 11.7 Å². The number of hydrogen-bond acceptors (Lipinski definition) is 1. The largest absolute Gasteiger partial charge is 0.382 e. The van der Waals surface area contributed by atoms with Crippen LogP contribution in [0.1, 0.15) is 25.3 Å². The second-order valence-corrected chi connectivity index (χ2v) is 6.81. The van der Waals surface area contributed by atoms with Crippen molar-refractivity contribution in [3.8, 4) is 0 Å². The van der Waals surface area contributed by atoms with Gasteiger partial charge in [0.25, 0.3) is 0 Å². The van der Waals surface area contributed by atoms with Gasteiger partial charge in [-0.3, -0.25) is 0 Å². The number of benzene rings is 1. The van der Waals surface area contributed by atoms with Crippen LogP contribution in [0.25, 0.3) is 0 Å². The van der Waals surface area contributed by atoms with Gasteiger partial charge in [-0.1, -0.05) is 12.2 Å². The molecular weight excluding hydrogens is 305 g/mol. The summed E-state index contributed by atoms with van der Waals surface area (Å²) in [5.74, 6) is 2.04. The van der Waals surface area contributed by atoms with Crippen LogP contribution in [0.2, 0.25) is 0 Å². The Morgan fingerprint density at radius 2 is 2.11 bits per heavy atom. The second-order valence-electron chi connectivity index (χ2n) is 5.96. The van der Waals surface area contributed by atoms with Crippen LogP contribution < -0.4 is 5.32 Å². The van der Waals surface area contributed by atoms with Gasteiger partial charge in [-0.05, 0) is 78.1 Å². The normalized spacial score (nSPS) is 29.8. The molecule has 1 fully saturated rings. The Balaban J connectivity index is 1.75. The van der Waals surface area contributed by atoms with Gasteiger partial charge in [-0.25, -0.2) is 4.39 Å². The highest BCUT2D eigenvalue weighted by atomic mass is 79.9. The average Bonchev–Trinajstić information content (AvgIpc) is 2.98. The fourth-order valence-corrected chi connectivity index (χ4v) is 3.90. The van der Waals surface area contributed by atoms with E-state index >= 15 is 0 Å². The Morgan fingerprint density at radius 1 is 1.32 bits per heavy atom. The Labute approximate surface area is 122 Å². The molecule has 4 atom stereocenters. The van der Waals surface area contributed by atoms with Crippen LogP contribution in [-0.4, -0.2) is 6.04 Å². The molecule has 2 aliphatic carbocycles. The van der Waals surface area contributed by atoms with E-state index in [0.29, 0.717) is 16.4 Å². The first kappa shape index (κ1) is 13.2. The lowest BCUT2D eigenvalue weighted by Gasteiger charge is -2.28. The van der Waals surface area contributed by atoms with Crippen molar-refractivity contribution < 1.29 is 4.39 Å². The van der Waals surface area contributed by atoms with Crippen LogP contribution in [-0.2, 0) is 0 Å². The third kappa shape index (κ3) is 2.45. The lowest BCUT2D eigenvalue weighted by atomic mass is 9.87. The van der Waals surface area contributed by atoms with Gasteiger partial charge in [-0.15, -0.1) is 0 Å². The van der Waals surface area contributed by atoms with E-state index in [1.165, 1.54) is 12.8 Å². The molecule has 0 heterocycles. The van der Waals surface area contributed by atoms with E-state index < -0.39 is 0 Å². The molecule has 1 aromatic carbocycles. The first-order valence-electron chi connectivity index (χ1n) is 6.95. The van der Waals surface area contributed by atoms with E-state index in [2.05, 4.69) is 40.3 Å². The minimum Gasteiger partial charge on any atom is -0.382 e. The quantitative estimate of drug-likeness (QED) is 0.779.